The molecule has 12 heteroatoms. The van der Waals surface area contributed by atoms with E-state index >= 15 is 0 Å². The van der Waals surface area contributed by atoms with Crippen LogP contribution in [-0.4, -0.2) is 92.3 Å². The van der Waals surface area contributed by atoms with Crippen LogP contribution in [0.1, 0.15) is 64.2 Å². The predicted molar refractivity (Wildman–Crippen MR) is 170 cm³/mol. The van der Waals surface area contributed by atoms with Gasteiger partial charge in [-0.3, -0.25) is 4.79 Å². The van der Waals surface area contributed by atoms with E-state index in [2.05, 4.69) is 10.6 Å². The third-order valence-electron chi connectivity index (χ3n) is 7.62. The first-order valence-corrected chi connectivity index (χ1v) is 16.7. The number of nitrogens with zero attached hydrogens (tertiary/aromatic N) is 2. The summed E-state index contributed by atoms with van der Waals surface area (Å²) in [5, 5.41) is 15.7. The summed E-state index contributed by atoms with van der Waals surface area (Å²) >= 11 is 0. The lowest BCUT2D eigenvalue weighted by Gasteiger charge is -2.35. The van der Waals surface area contributed by atoms with E-state index in [1.807, 2.05) is 27.7 Å². The molecule has 0 radical (unpaired) electrons. The van der Waals surface area contributed by atoms with Crippen molar-refractivity contribution < 1.29 is 32.6 Å². The summed E-state index contributed by atoms with van der Waals surface area (Å²) in [5.74, 6) is -0.293. The zero-order chi connectivity index (χ0) is 32.4. The molecule has 3 rings (SSSR count). The van der Waals surface area contributed by atoms with Crippen molar-refractivity contribution in [3.8, 4) is 5.75 Å². The molecular formula is C32H48N4O7S. The van der Waals surface area contributed by atoms with Crippen molar-refractivity contribution in [3.63, 3.8) is 0 Å². The van der Waals surface area contributed by atoms with E-state index in [1.54, 1.807) is 60.4 Å². The number of amides is 3. The number of rotatable bonds is 8. The van der Waals surface area contributed by atoms with E-state index in [9.17, 15) is 23.1 Å². The Morgan fingerprint density at radius 2 is 1.82 bits per heavy atom. The molecule has 1 heterocycles. The van der Waals surface area contributed by atoms with Gasteiger partial charge in [0, 0.05) is 44.4 Å². The van der Waals surface area contributed by atoms with E-state index < -0.39 is 28.2 Å². The largest absolute Gasteiger partial charge is 0.490 e. The molecule has 11 nitrogen and oxygen atoms in total. The fraction of sp³-hybridized carbons (Fsp3) is 0.562. The molecule has 0 aliphatic carbocycles. The molecule has 244 valence electrons. The lowest BCUT2D eigenvalue weighted by Crippen LogP contribution is -2.48. The van der Waals surface area contributed by atoms with Crippen molar-refractivity contribution in [3.05, 3.63) is 54.1 Å². The topological polar surface area (TPSA) is 138 Å². The number of fused-ring (bicyclic) bond motifs is 1. The second-order valence-electron chi connectivity index (χ2n) is 11.9. The molecule has 4 atom stereocenters. The van der Waals surface area contributed by atoms with Gasteiger partial charge in [-0.25, -0.2) is 13.2 Å². The molecule has 3 amide bonds. The van der Waals surface area contributed by atoms with Crippen LogP contribution in [0.5, 0.6) is 5.75 Å². The Morgan fingerprint density at radius 3 is 2.48 bits per heavy atom. The first-order chi connectivity index (χ1) is 20.8. The summed E-state index contributed by atoms with van der Waals surface area (Å²) in [6.45, 7) is 9.71. The van der Waals surface area contributed by atoms with E-state index in [0.717, 1.165) is 12.8 Å². The number of benzene rings is 2. The quantitative estimate of drug-likeness (QED) is 0.394. The molecule has 2 aromatic carbocycles. The normalized spacial score (nSPS) is 21.2. The van der Waals surface area contributed by atoms with Crippen LogP contribution in [0.3, 0.4) is 0 Å². The summed E-state index contributed by atoms with van der Waals surface area (Å²) in [4.78, 5) is 28.4. The number of aliphatic hydroxyl groups is 1. The summed E-state index contributed by atoms with van der Waals surface area (Å²) in [7, 11) is -2.23. The maximum atomic E-state index is 14.2. The molecule has 2 aromatic rings. The Morgan fingerprint density at radius 1 is 1.11 bits per heavy atom. The van der Waals surface area contributed by atoms with Crippen molar-refractivity contribution in [2.45, 2.75) is 83.1 Å². The number of anilines is 1. The maximum absolute atomic E-state index is 14.2. The number of carbonyl (C=O) groups excluding carboxylic acids is 2. The Hall–Kier alpha value is -3.19. The number of urea groups is 1. The highest BCUT2D eigenvalue weighted by Gasteiger charge is 2.32. The predicted octanol–water partition coefficient (Wildman–Crippen LogP) is 4.33. The Balaban J connectivity index is 1.96. The molecule has 1 aliphatic heterocycles. The average molecular weight is 633 g/mol. The number of likely N-dealkylation sites (N-methyl/N-ethyl adjacent to an activating group) is 1. The van der Waals surface area contributed by atoms with Gasteiger partial charge in [-0.05, 0) is 77.3 Å². The van der Waals surface area contributed by atoms with Crippen molar-refractivity contribution in [1.29, 1.82) is 0 Å². The number of sulfonamides is 1. The minimum Gasteiger partial charge on any atom is -0.490 e. The lowest BCUT2D eigenvalue weighted by molar-refractivity contribution is -0.00833. The molecular weight excluding hydrogens is 584 g/mol. The minimum absolute atomic E-state index is 0.0719. The standard InChI is InChI=1S/C32H48N4O7S/c1-22(2)33-32(39)34-26-15-16-29-28(18-26)31(38)36(24(4)21-37)19-23(3)30(42-17-11-10-12-25(5)43-29)20-35(6)44(40,41)27-13-8-7-9-14-27/h7-9,13-16,18,22-25,30,37H,10-12,17,19-21H2,1-6H3,(H2,33,34,39)/t23-,24+,25+,30+/m0/s1. The van der Waals surface area contributed by atoms with E-state index in [1.165, 1.54) is 11.4 Å². The summed E-state index contributed by atoms with van der Waals surface area (Å²) in [6.07, 6.45) is 1.55. The van der Waals surface area contributed by atoms with Gasteiger partial charge in [-0.2, -0.15) is 4.31 Å². The van der Waals surface area contributed by atoms with Crippen LogP contribution in [0.2, 0.25) is 0 Å². The fourth-order valence-electron chi connectivity index (χ4n) is 5.02. The highest BCUT2D eigenvalue weighted by Crippen LogP contribution is 2.29. The van der Waals surface area contributed by atoms with E-state index in [-0.39, 0.29) is 54.1 Å². The van der Waals surface area contributed by atoms with Crippen LogP contribution in [0, 0.1) is 5.92 Å². The van der Waals surface area contributed by atoms with Crippen LogP contribution in [0.25, 0.3) is 0 Å². The first-order valence-electron chi connectivity index (χ1n) is 15.3. The number of hydrogen-bond donors (Lipinski definition) is 3. The van der Waals surface area contributed by atoms with Gasteiger partial charge in [-0.15, -0.1) is 0 Å². The average Bonchev–Trinajstić information content (AvgIpc) is 2.98. The van der Waals surface area contributed by atoms with Gasteiger partial charge < -0.3 is 30.1 Å². The van der Waals surface area contributed by atoms with Gasteiger partial charge in [-0.1, -0.05) is 25.1 Å². The number of nitrogens with one attached hydrogen (secondary N) is 2. The minimum atomic E-state index is -3.76. The molecule has 44 heavy (non-hydrogen) atoms. The number of hydrogen-bond acceptors (Lipinski definition) is 7. The van der Waals surface area contributed by atoms with E-state index in [4.69, 9.17) is 9.47 Å². The molecule has 0 spiro atoms. The smallest absolute Gasteiger partial charge is 0.319 e. The Labute approximate surface area is 262 Å². The van der Waals surface area contributed by atoms with Gasteiger partial charge in [0.1, 0.15) is 5.75 Å². The van der Waals surface area contributed by atoms with Gasteiger partial charge in [0.05, 0.1) is 35.3 Å². The number of ether oxygens (including phenoxy) is 2. The molecule has 0 unspecified atom stereocenters. The van der Waals surface area contributed by atoms with Gasteiger partial charge in [0.15, 0.2) is 0 Å². The molecule has 0 bridgehead atoms. The third kappa shape index (κ3) is 9.65. The number of carbonyl (C=O) groups is 2. The summed E-state index contributed by atoms with van der Waals surface area (Å²) in [6, 6.07) is 12.2. The lowest BCUT2D eigenvalue weighted by atomic mass is 10.0. The van der Waals surface area contributed by atoms with Crippen LogP contribution in [-0.2, 0) is 14.8 Å². The zero-order valence-electron chi connectivity index (χ0n) is 26.7. The summed E-state index contributed by atoms with van der Waals surface area (Å²) in [5.41, 5.74) is 0.677. The molecule has 0 fully saturated rings. The highest BCUT2D eigenvalue weighted by molar-refractivity contribution is 7.89. The van der Waals surface area contributed by atoms with Crippen LogP contribution >= 0.6 is 0 Å². The van der Waals surface area contributed by atoms with Crippen molar-refractivity contribution >= 4 is 27.6 Å². The van der Waals surface area contributed by atoms with Crippen molar-refractivity contribution in [2.24, 2.45) is 5.92 Å². The van der Waals surface area contributed by atoms with Gasteiger partial charge in [0.25, 0.3) is 5.91 Å². The van der Waals surface area contributed by atoms with Crippen molar-refractivity contribution in [1.82, 2.24) is 14.5 Å². The maximum Gasteiger partial charge on any atom is 0.319 e. The molecule has 0 saturated heterocycles. The third-order valence-corrected chi connectivity index (χ3v) is 9.46. The van der Waals surface area contributed by atoms with Crippen LogP contribution in [0.4, 0.5) is 10.5 Å². The van der Waals surface area contributed by atoms with Crippen LogP contribution < -0.4 is 15.4 Å². The zero-order valence-corrected chi connectivity index (χ0v) is 27.5. The molecule has 3 N–H and O–H groups in total. The molecule has 0 saturated carbocycles. The second-order valence-corrected chi connectivity index (χ2v) is 13.9. The fourth-order valence-corrected chi connectivity index (χ4v) is 6.22. The molecule has 0 aromatic heterocycles. The number of aliphatic hydroxyl groups excluding tert-OH is 1. The second kappa shape index (κ2) is 16.2. The van der Waals surface area contributed by atoms with Crippen molar-refractivity contribution in [2.75, 3.05) is 38.7 Å². The Kier molecular flexibility index (Phi) is 13.0. The van der Waals surface area contributed by atoms with E-state index in [0.29, 0.717) is 24.5 Å². The summed E-state index contributed by atoms with van der Waals surface area (Å²) < 4.78 is 40.4. The van der Waals surface area contributed by atoms with Crippen LogP contribution in [0.15, 0.2) is 53.4 Å². The van der Waals surface area contributed by atoms with Gasteiger partial charge in [0.2, 0.25) is 10.0 Å². The Bertz CT molecular complexity index is 1340. The highest BCUT2D eigenvalue weighted by atomic mass is 32.2. The molecule has 1 aliphatic rings. The SMILES string of the molecule is CC(C)NC(=O)Nc1ccc2c(c1)C(=O)N([C@H](C)CO)C[C@H](C)[C@@H](CN(C)S(=O)(=O)c1ccccc1)OCCCC[C@@H](C)O2. The van der Waals surface area contributed by atoms with Gasteiger partial charge >= 0.3 is 6.03 Å². The first kappa shape index (κ1) is 35.3. The monoisotopic (exact) mass is 632 g/mol.